The predicted molar refractivity (Wildman–Crippen MR) is 96.9 cm³/mol. The molecule has 0 bridgehead atoms. The Hall–Kier alpha value is -1.32. The van der Waals surface area contributed by atoms with Gasteiger partial charge in [0.25, 0.3) is 0 Å². The minimum atomic E-state index is -0.255. The highest BCUT2D eigenvalue weighted by atomic mass is 16.7. The third-order valence-corrected chi connectivity index (χ3v) is 5.80. The number of allylic oxidation sites excluding steroid dienone is 2. The average Bonchev–Trinajstić information content (AvgIpc) is 2.63. The second-order valence-corrected chi connectivity index (χ2v) is 7.87. The first-order chi connectivity index (χ1) is 11.7. The van der Waals surface area contributed by atoms with Gasteiger partial charge < -0.3 is 4.90 Å². The van der Waals surface area contributed by atoms with Crippen molar-refractivity contribution in [3.8, 4) is 0 Å². The molecule has 0 spiro atoms. The fraction of sp³-hybridized carbons (Fsp3) is 0.800. The lowest BCUT2D eigenvalue weighted by atomic mass is 9.78. The second kappa shape index (κ2) is 8.68. The number of nitrogens with zero attached hydrogens (tertiary/aromatic N) is 2. The molecule has 4 nitrogen and oxygen atoms in total. The van der Waals surface area contributed by atoms with E-state index in [4.69, 9.17) is 4.84 Å². The highest BCUT2D eigenvalue weighted by molar-refractivity contribution is 5.90. The summed E-state index contributed by atoms with van der Waals surface area (Å²) in [5.74, 6) is 1.43. The van der Waals surface area contributed by atoms with Crippen molar-refractivity contribution in [1.29, 1.82) is 0 Å². The molecule has 1 unspecified atom stereocenters. The maximum atomic E-state index is 12.4. The van der Waals surface area contributed by atoms with Crippen LogP contribution in [0.4, 0.5) is 4.79 Å². The Bertz CT molecular complexity index is 480. The van der Waals surface area contributed by atoms with Crippen molar-refractivity contribution in [2.75, 3.05) is 13.1 Å². The highest BCUT2D eigenvalue weighted by Gasteiger charge is 2.28. The van der Waals surface area contributed by atoms with Crippen molar-refractivity contribution in [2.24, 2.45) is 22.9 Å². The number of carbonyl (C=O) groups excluding carboxylic acids is 1. The smallest absolute Gasteiger partial charge is 0.306 e. The van der Waals surface area contributed by atoms with Crippen molar-refractivity contribution < 1.29 is 9.63 Å². The third-order valence-electron chi connectivity index (χ3n) is 5.80. The van der Waals surface area contributed by atoms with Crippen LogP contribution in [0.3, 0.4) is 0 Å². The van der Waals surface area contributed by atoms with Crippen LogP contribution >= 0.6 is 0 Å². The molecule has 0 aromatic heterocycles. The SMILES string of the molecule is C[C@H]1CCCN(C(=O)O/N=C(\C2C=CCCC2)C2CCCCC2)C1. The van der Waals surface area contributed by atoms with Gasteiger partial charge in [0.1, 0.15) is 0 Å². The lowest BCUT2D eigenvalue weighted by molar-refractivity contribution is 0.0878. The van der Waals surface area contributed by atoms with Gasteiger partial charge in [-0.2, -0.15) is 0 Å². The second-order valence-electron chi connectivity index (χ2n) is 7.87. The van der Waals surface area contributed by atoms with Crippen molar-refractivity contribution in [3.05, 3.63) is 12.2 Å². The van der Waals surface area contributed by atoms with E-state index in [9.17, 15) is 4.79 Å². The molecule has 1 heterocycles. The van der Waals surface area contributed by atoms with Crippen LogP contribution in [-0.4, -0.2) is 29.8 Å². The van der Waals surface area contributed by atoms with E-state index in [1.807, 2.05) is 4.90 Å². The molecular formula is C20H32N2O2. The maximum Gasteiger partial charge on any atom is 0.435 e. The summed E-state index contributed by atoms with van der Waals surface area (Å²) in [5, 5.41) is 4.45. The number of carbonyl (C=O) groups is 1. The zero-order chi connectivity index (χ0) is 16.8. The molecule has 1 saturated carbocycles. The lowest BCUT2D eigenvalue weighted by Gasteiger charge is -2.30. The molecule has 1 saturated heterocycles. The van der Waals surface area contributed by atoms with Gasteiger partial charge in [-0.25, -0.2) is 4.79 Å². The Morgan fingerprint density at radius 3 is 2.62 bits per heavy atom. The normalized spacial score (nSPS) is 29.5. The molecule has 0 aromatic rings. The van der Waals surface area contributed by atoms with E-state index in [2.05, 4.69) is 24.2 Å². The van der Waals surface area contributed by atoms with Crippen molar-refractivity contribution >= 4 is 11.8 Å². The summed E-state index contributed by atoms with van der Waals surface area (Å²) >= 11 is 0. The molecule has 0 N–H and O–H groups in total. The summed E-state index contributed by atoms with van der Waals surface area (Å²) in [6.45, 7) is 3.81. The summed E-state index contributed by atoms with van der Waals surface area (Å²) in [7, 11) is 0. The molecule has 0 radical (unpaired) electrons. The van der Waals surface area contributed by atoms with Gasteiger partial charge in [-0.15, -0.1) is 0 Å². The number of amides is 1. The van der Waals surface area contributed by atoms with Crippen LogP contribution in [0.2, 0.25) is 0 Å². The largest absolute Gasteiger partial charge is 0.435 e. The first-order valence-corrected chi connectivity index (χ1v) is 9.94. The number of rotatable bonds is 3. The number of piperidine rings is 1. The van der Waals surface area contributed by atoms with Crippen molar-refractivity contribution in [1.82, 2.24) is 4.90 Å². The molecule has 0 aromatic carbocycles. The first kappa shape index (κ1) is 17.5. The fourth-order valence-corrected chi connectivity index (χ4v) is 4.41. The monoisotopic (exact) mass is 332 g/mol. The Morgan fingerprint density at radius 1 is 1.08 bits per heavy atom. The molecule has 3 rings (SSSR count). The summed E-state index contributed by atoms with van der Waals surface area (Å²) in [4.78, 5) is 19.7. The quantitative estimate of drug-likeness (QED) is 0.310. The topological polar surface area (TPSA) is 41.9 Å². The molecule has 2 aliphatic carbocycles. The molecule has 24 heavy (non-hydrogen) atoms. The number of likely N-dealkylation sites (tertiary alicyclic amines) is 1. The minimum absolute atomic E-state index is 0.255. The van der Waals surface area contributed by atoms with E-state index in [1.165, 1.54) is 51.4 Å². The van der Waals surface area contributed by atoms with Gasteiger partial charge in [-0.05, 0) is 50.9 Å². The van der Waals surface area contributed by atoms with E-state index in [-0.39, 0.29) is 6.09 Å². The maximum absolute atomic E-state index is 12.4. The van der Waals surface area contributed by atoms with Gasteiger partial charge in [-0.3, -0.25) is 4.84 Å². The standard InChI is InChI=1S/C20H32N2O2/c1-16-9-8-14-22(15-16)20(23)24-21-19(17-10-4-2-5-11-17)18-12-6-3-7-13-18/h4,10,16-18H,2-3,5-9,11-15H2,1H3/b21-19+/t16-,17?/m0/s1. The first-order valence-electron chi connectivity index (χ1n) is 9.94. The number of hydrogen-bond donors (Lipinski definition) is 0. The van der Waals surface area contributed by atoms with E-state index >= 15 is 0 Å². The van der Waals surface area contributed by atoms with E-state index in [0.29, 0.717) is 17.8 Å². The Balaban J connectivity index is 1.66. The van der Waals surface area contributed by atoms with Crippen LogP contribution in [0.15, 0.2) is 17.3 Å². The predicted octanol–water partition coefficient (Wildman–Crippen LogP) is 5.15. The molecule has 1 amide bonds. The Morgan fingerprint density at radius 2 is 1.92 bits per heavy atom. The molecule has 1 aliphatic heterocycles. The van der Waals surface area contributed by atoms with Crippen LogP contribution in [0.5, 0.6) is 0 Å². The van der Waals surface area contributed by atoms with Gasteiger partial charge >= 0.3 is 6.09 Å². The van der Waals surface area contributed by atoms with Gasteiger partial charge in [0.05, 0.1) is 5.71 Å². The number of hydrogen-bond acceptors (Lipinski definition) is 3. The zero-order valence-electron chi connectivity index (χ0n) is 15.1. The molecular weight excluding hydrogens is 300 g/mol. The molecule has 2 fully saturated rings. The Labute approximate surface area is 146 Å². The van der Waals surface area contributed by atoms with E-state index in [1.54, 1.807) is 0 Å². The van der Waals surface area contributed by atoms with E-state index < -0.39 is 0 Å². The molecule has 134 valence electrons. The summed E-state index contributed by atoms with van der Waals surface area (Å²) in [6, 6.07) is 0. The summed E-state index contributed by atoms with van der Waals surface area (Å²) in [5.41, 5.74) is 1.13. The van der Waals surface area contributed by atoms with Crippen LogP contribution in [0.25, 0.3) is 0 Å². The van der Waals surface area contributed by atoms with Gasteiger partial charge in [0.15, 0.2) is 0 Å². The van der Waals surface area contributed by atoms with Crippen LogP contribution in [0, 0.1) is 17.8 Å². The van der Waals surface area contributed by atoms with Crippen molar-refractivity contribution in [2.45, 2.75) is 71.1 Å². The van der Waals surface area contributed by atoms with Crippen LogP contribution in [0.1, 0.15) is 71.1 Å². The third kappa shape index (κ3) is 4.61. The molecule has 4 heteroatoms. The minimum Gasteiger partial charge on any atom is -0.306 e. The van der Waals surface area contributed by atoms with Crippen LogP contribution in [-0.2, 0) is 4.84 Å². The fourth-order valence-electron chi connectivity index (χ4n) is 4.41. The van der Waals surface area contributed by atoms with Gasteiger partial charge in [0, 0.05) is 24.9 Å². The van der Waals surface area contributed by atoms with Gasteiger partial charge in [-0.1, -0.05) is 43.5 Å². The number of oxime groups is 1. The van der Waals surface area contributed by atoms with E-state index in [0.717, 1.165) is 31.6 Å². The average molecular weight is 332 g/mol. The Kier molecular flexibility index (Phi) is 6.33. The van der Waals surface area contributed by atoms with Gasteiger partial charge in [0.2, 0.25) is 0 Å². The molecule has 2 atom stereocenters. The summed E-state index contributed by atoms with van der Waals surface area (Å²) in [6.07, 6.45) is 16.4. The molecule has 3 aliphatic rings. The van der Waals surface area contributed by atoms with Crippen molar-refractivity contribution in [3.63, 3.8) is 0 Å². The lowest BCUT2D eigenvalue weighted by Crippen LogP contribution is -2.39. The summed E-state index contributed by atoms with van der Waals surface area (Å²) < 4.78 is 0. The van der Waals surface area contributed by atoms with Crippen LogP contribution < -0.4 is 0 Å². The highest BCUT2D eigenvalue weighted by Crippen LogP contribution is 2.31. The zero-order valence-corrected chi connectivity index (χ0v) is 15.1.